The van der Waals surface area contributed by atoms with Crippen molar-refractivity contribution in [2.24, 2.45) is 5.92 Å². The highest BCUT2D eigenvalue weighted by molar-refractivity contribution is 8.01. The monoisotopic (exact) mass is 446 g/mol. The highest BCUT2D eigenvalue weighted by Crippen LogP contribution is 2.37. The summed E-state index contributed by atoms with van der Waals surface area (Å²) in [5.41, 5.74) is 1.71. The molecule has 2 N–H and O–H groups in total. The maximum Gasteiger partial charge on any atom is 0.237 e. The van der Waals surface area contributed by atoms with Crippen LogP contribution in [-0.2, 0) is 25.8 Å². The molecule has 8 heteroatoms. The van der Waals surface area contributed by atoms with Crippen LogP contribution in [0.5, 0.6) is 0 Å². The molecule has 6 nitrogen and oxygen atoms in total. The van der Waals surface area contributed by atoms with Gasteiger partial charge in [0.2, 0.25) is 11.8 Å². The molecular formula is C22H26N2O4S2. The van der Waals surface area contributed by atoms with Crippen molar-refractivity contribution >= 4 is 39.1 Å². The fourth-order valence-electron chi connectivity index (χ4n) is 3.21. The fraction of sp³-hybridized carbons (Fsp3) is 0.364. The maximum atomic E-state index is 12.8. The summed E-state index contributed by atoms with van der Waals surface area (Å²) in [4.78, 5) is 25.2. The molecular weight excluding hydrogens is 420 g/mol. The summed E-state index contributed by atoms with van der Waals surface area (Å²) in [5, 5.41) is 5.35. The van der Waals surface area contributed by atoms with Crippen LogP contribution in [0.3, 0.4) is 0 Å². The number of carbonyl (C=O) groups excluding carboxylic acids is 2. The van der Waals surface area contributed by atoms with Gasteiger partial charge >= 0.3 is 0 Å². The van der Waals surface area contributed by atoms with Crippen LogP contribution in [-0.4, -0.2) is 37.8 Å². The van der Waals surface area contributed by atoms with Gasteiger partial charge in [-0.3, -0.25) is 9.59 Å². The van der Waals surface area contributed by atoms with Gasteiger partial charge in [0, 0.05) is 17.4 Å². The van der Waals surface area contributed by atoms with E-state index in [0.717, 1.165) is 17.7 Å². The first-order valence-electron chi connectivity index (χ1n) is 9.92. The van der Waals surface area contributed by atoms with E-state index in [0.29, 0.717) is 12.2 Å². The van der Waals surface area contributed by atoms with Crippen LogP contribution in [0, 0.1) is 5.92 Å². The number of fused-ring (bicyclic) bond motifs is 1. The van der Waals surface area contributed by atoms with Crippen molar-refractivity contribution in [2.75, 3.05) is 17.6 Å². The molecule has 0 saturated heterocycles. The van der Waals surface area contributed by atoms with E-state index >= 15 is 0 Å². The molecule has 0 saturated carbocycles. The van der Waals surface area contributed by atoms with Crippen molar-refractivity contribution < 1.29 is 18.0 Å². The molecule has 0 aliphatic carbocycles. The topological polar surface area (TPSA) is 92.3 Å². The van der Waals surface area contributed by atoms with E-state index in [2.05, 4.69) is 10.6 Å². The molecule has 1 heterocycles. The van der Waals surface area contributed by atoms with Crippen molar-refractivity contribution in [3.05, 3.63) is 54.1 Å². The molecule has 2 aromatic rings. The number of hydrogen-bond acceptors (Lipinski definition) is 5. The summed E-state index contributed by atoms with van der Waals surface area (Å²) in [6, 6.07) is 14.7. The van der Waals surface area contributed by atoms with Crippen LogP contribution in [0.25, 0.3) is 0 Å². The Bertz CT molecular complexity index is 1020. The Hall–Kier alpha value is -2.32. The highest BCUT2D eigenvalue weighted by atomic mass is 32.2. The van der Waals surface area contributed by atoms with Crippen molar-refractivity contribution in [3.8, 4) is 0 Å². The quantitative estimate of drug-likeness (QED) is 0.607. The lowest BCUT2D eigenvalue weighted by Gasteiger charge is -2.22. The summed E-state index contributed by atoms with van der Waals surface area (Å²) >= 11 is 1.40. The van der Waals surface area contributed by atoms with Crippen LogP contribution < -0.4 is 10.6 Å². The van der Waals surface area contributed by atoms with Gasteiger partial charge in [-0.2, -0.15) is 0 Å². The minimum absolute atomic E-state index is 0.112. The third-order valence-corrected chi connectivity index (χ3v) is 8.03. The number of hydrogen-bond donors (Lipinski definition) is 2. The summed E-state index contributed by atoms with van der Waals surface area (Å²) in [6.45, 7) is 3.91. The highest BCUT2D eigenvalue weighted by Gasteiger charge is 2.27. The second-order valence-electron chi connectivity index (χ2n) is 7.47. The van der Waals surface area contributed by atoms with Crippen LogP contribution >= 0.6 is 11.8 Å². The number of sulfone groups is 1. The van der Waals surface area contributed by atoms with Crippen LogP contribution in [0.1, 0.15) is 25.8 Å². The van der Waals surface area contributed by atoms with Gasteiger partial charge in [-0.25, -0.2) is 8.42 Å². The van der Waals surface area contributed by atoms with Crippen molar-refractivity contribution in [2.45, 2.75) is 41.7 Å². The Labute approximate surface area is 181 Å². The second-order valence-corrected chi connectivity index (χ2v) is 10.9. The van der Waals surface area contributed by atoms with Gasteiger partial charge in [-0.05, 0) is 43.5 Å². The fourth-order valence-corrected chi connectivity index (χ4v) is 5.71. The van der Waals surface area contributed by atoms with Gasteiger partial charge in [-0.15, -0.1) is 11.8 Å². The van der Waals surface area contributed by atoms with Gasteiger partial charge in [0.05, 0.1) is 21.6 Å². The molecule has 0 fully saturated rings. The van der Waals surface area contributed by atoms with E-state index in [1.54, 1.807) is 19.9 Å². The zero-order chi connectivity index (χ0) is 21.7. The van der Waals surface area contributed by atoms with Gasteiger partial charge in [0.1, 0.15) is 0 Å². The third-order valence-electron chi connectivity index (χ3n) is 4.94. The molecule has 0 radical (unpaired) electrons. The van der Waals surface area contributed by atoms with Crippen molar-refractivity contribution in [1.29, 1.82) is 0 Å². The van der Waals surface area contributed by atoms with E-state index in [1.807, 2.05) is 30.3 Å². The first-order valence-corrected chi connectivity index (χ1v) is 12.5. The molecule has 1 aliphatic rings. The number of anilines is 1. The predicted molar refractivity (Wildman–Crippen MR) is 119 cm³/mol. The number of thioether (sulfide) groups is 1. The first kappa shape index (κ1) is 22.4. The van der Waals surface area contributed by atoms with E-state index in [9.17, 15) is 18.0 Å². The van der Waals surface area contributed by atoms with Crippen LogP contribution in [0.2, 0.25) is 0 Å². The molecule has 2 atom stereocenters. The van der Waals surface area contributed by atoms with Gasteiger partial charge < -0.3 is 10.6 Å². The number of aryl methyl sites for hydroxylation is 1. The lowest BCUT2D eigenvalue weighted by Crippen LogP contribution is -2.34. The average Bonchev–Trinajstić information content (AvgIpc) is 2.72. The molecule has 1 aliphatic heterocycles. The van der Waals surface area contributed by atoms with Crippen molar-refractivity contribution in [3.63, 3.8) is 0 Å². The lowest BCUT2D eigenvalue weighted by molar-refractivity contribution is -0.123. The Balaban J connectivity index is 1.54. The summed E-state index contributed by atoms with van der Waals surface area (Å²) < 4.78 is 25.6. The molecule has 3 rings (SSSR count). The maximum absolute atomic E-state index is 12.8. The molecule has 30 heavy (non-hydrogen) atoms. The van der Waals surface area contributed by atoms with E-state index in [4.69, 9.17) is 0 Å². The first-order chi connectivity index (χ1) is 14.3. The number of carbonyl (C=O) groups is 2. The third kappa shape index (κ3) is 5.64. The van der Waals surface area contributed by atoms with E-state index in [1.165, 1.54) is 29.5 Å². The Kier molecular flexibility index (Phi) is 7.20. The Morgan fingerprint density at radius 2 is 1.93 bits per heavy atom. The number of rotatable bonds is 8. The molecule has 0 bridgehead atoms. The molecule has 2 amide bonds. The molecule has 0 unspecified atom stereocenters. The van der Waals surface area contributed by atoms with Gasteiger partial charge in [0.25, 0.3) is 0 Å². The summed E-state index contributed by atoms with van der Waals surface area (Å²) in [6.07, 6.45) is 1.64. The van der Waals surface area contributed by atoms with Gasteiger partial charge in [0.15, 0.2) is 9.84 Å². The molecule has 160 valence electrons. The minimum Gasteiger partial charge on any atom is -0.356 e. The van der Waals surface area contributed by atoms with E-state index < -0.39 is 15.8 Å². The zero-order valence-corrected chi connectivity index (χ0v) is 18.7. The average molecular weight is 447 g/mol. The SMILES string of the molecule is C[C@H](CS(=O)(=O)c1ccc2c(c1)NC(=O)[C@H](C)S2)C(=O)NCCCc1ccccc1. The largest absolute Gasteiger partial charge is 0.356 e. The zero-order valence-electron chi connectivity index (χ0n) is 17.1. The normalized spacial score (nSPS) is 17.0. The summed E-state index contributed by atoms with van der Waals surface area (Å²) in [5.74, 6) is -1.38. The molecule has 2 aromatic carbocycles. The Morgan fingerprint density at radius 3 is 2.67 bits per heavy atom. The smallest absolute Gasteiger partial charge is 0.237 e. The van der Waals surface area contributed by atoms with Crippen LogP contribution in [0.4, 0.5) is 5.69 Å². The molecule has 0 spiro atoms. The van der Waals surface area contributed by atoms with E-state index in [-0.39, 0.29) is 27.7 Å². The van der Waals surface area contributed by atoms with Crippen LogP contribution in [0.15, 0.2) is 58.3 Å². The predicted octanol–water partition coefficient (Wildman–Crippen LogP) is 3.28. The summed E-state index contributed by atoms with van der Waals surface area (Å²) in [7, 11) is -3.66. The standard InChI is InChI=1S/C22H26N2O4S2/c1-15(21(25)23-12-6-9-17-7-4-3-5-8-17)14-30(27,28)18-10-11-20-19(13-18)24-22(26)16(2)29-20/h3-5,7-8,10-11,13,15-16H,6,9,12,14H2,1-2H3,(H,23,25)(H,24,26)/t15-,16+/m1/s1. The number of nitrogens with one attached hydrogen (secondary N) is 2. The molecule has 0 aromatic heterocycles. The Morgan fingerprint density at radius 1 is 1.20 bits per heavy atom. The minimum atomic E-state index is -3.66. The second kappa shape index (κ2) is 9.66. The van der Waals surface area contributed by atoms with Crippen molar-refractivity contribution in [1.82, 2.24) is 5.32 Å². The number of amides is 2. The lowest BCUT2D eigenvalue weighted by atomic mass is 10.1. The van der Waals surface area contributed by atoms with Gasteiger partial charge in [-0.1, -0.05) is 37.3 Å². The number of benzene rings is 2.